The smallest absolute Gasteiger partial charge is 0.289 e. The molecule has 3 aliphatic heterocycles. The fraction of sp³-hybridized carbons (Fsp3) is 0.500. The van der Waals surface area contributed by atoms with E-state index >= 15 is 0 Å². The molecule has 8 nitrogen and oxygen atoms in total. The van der Waals surface area contributed by atoms with Crippen LogP contribution in [0.1, 0.15) is 29.6 Å². The Morgan fingerprint density at radius 2 is 1.71 bits per heavy atom. The summed E-state index contributed by atoms with van der Waals surface area (Å²) in [6, 6.07) is 5.71. The Bertz CT molecular complexity index is 894. The second-order valence-corrected chi connectivity index (χ2v) is 10.0. The standard InChI is InChI=1S/C18H21N3O5S2/c22-16-12-27-18(24)21(16)14-7-10-19(11-14)17(23)13-3-5-15(6-4-13)28(25,26)20-8-1-2-9-20/h3-6,14H,1-2,7-12H2. The molecule has 0 radical (unpaired) electrons. The summed E-state index contributed by atoms with van der Waals surface area (Å²) in [6.07, 6.45) is 2.30. The van der Waals surface area contributed by atoms with Crippen LogP contribution in [-0.4, -0.2) is 77.6 Å². The zero-order chi connectivity index (χ0) is 19.9. The number of amides is 3. The minimum absolute atomic E-state index is 0.163. The molecule has 4 rings (SSSR count). The van der Waals surface area contributed by atoms with Gasteiger partial charge in [0.2, 0.25) is 15.9 Å². The molecule has 28 heavy (non-hydrogen) atoms. The average Bonchev–Trinajstić information content (AvgIpc) is 3.43. The lowest BCUT2D eigenvalue weighted by atomic mass is 10.2. The largest absolute Gasteiger partial charge is 0.336 e. The third-order valence-corrected chi connectivity index (χ3v) is 8.15. The predicted molar refractivity (Wildman–Crippen MR) is 103 cm³/mol. The number of thioether (sulfide) groups is 1. The Morgan fingerprint density at radius 3 is 2.32 bits per heavy atom. The molecule has 1 unspecified atom stereocenters. The molecule has 3 aliphatic rings. The number of carbonyl (C=O) groups is 3. The summed E-state index contributed by atoms with van der Waals surface area (Å²) in [5.74, 6) is -0.263. The van der Waals surface area contributed by atoms with Crippen LogP contribution < -0.4 is 0 Å². The van der Waals surface area contributed by atoms with E-state index in [9.17, 15) is 22.8 Å². The normalized spacial score (nSPS) is 23.8. The van der Waals surface area contributed by atoms with E-state index in [1.807, 2.05) is 0 Å². The number of benzene rings is 1. The van der Waals surface area contributed by atoms with Crippen molar-refractivity contribution in [3.05, 3.63) is 29.8 Å². The van der Waals surface area contributed by atoms with Gasteiger partial charge in [0.05, 0.1) is 16.7 Å². The Labute approximate surface area is 167 Å². The third-order valence-electron chi connectivity index (χ3n) is 5.40. The van der Waals surface area contributed by atoms with Crippen LogP contribution in [0.25, 0.3) is 0 Å². The first-order valence-corrected chi connectivity index (χ1v) is 11.7. The van der Waals surface area contributed by atoms with Crippen LogP contribution in [0.15, 0.2) is 29.2 Å². The molecule has 3 fully saturated rings. The zero-order valence-electron chi connectivity index (χ0n) is 15.2. The molecule has 0 N–H and O–H groups in total. The molecule has 3 saturated heterocycles. The van der Waals surface area contributed by atoms with E-state index in [-0.39, 0.29) is 33.7 Å². The quantitative estimate of drug-likeness (QED) is 0.726. The minimum Gasteiger partial charge on any atom is -0.336 e. The van der Waals surface area contributed by atoms with Crippen LogP contribution in [0.4, 0.5) is 4.79 Å². The number of hydrogen-bond donors (Lipinski definition) is 0. The Balaban J connectivity index is 1.44. The SMILES string of the molecule is O=C(c1ccc(S(=O)(=O)N2CCCC2)cc1)N1CCC(N2C(=O)CSC2=O)C1. The first-order chi connectivity index (χ1) is 13.4. The highest BCUT2D eigenvalue weighted by Gasteiger charge is 2.40. The molecule has 1 aromatic rings. The van der Waals surface area contributed by atoms with Crippen molar-refractivity contribution in [2.24, 2.45) is 0 Å². The summed E-state index contributed by atoms with van der Waals surface area (Å²) in [5, 5.41) is -0.249. The molecule has 0 saturated carbocycles. The molecule has 3 heterocycles. The predicted octanol–water partition coefficient (Wildman–Crippen LogP) is 1.38. The van der Waals surface area contributed by atoms with E-state index in [2.05, 4.69) is 0 Å². The summed E-state index contributed by atoms with van der Waals surface area (Å²) in [4.78, 5) is 39.6. The van der Waals surface area contributed by atoms with Gasteiger partial charge in [-0.1, -0.05) is 11.8 Å². The maximum absolute atomic E-state index is 12.8. The lowest BCUT2D eigenvalue weighted by molar-refractivity contribution is -0.126. The van der Waals surface area contributed by atoms with Gasteiger partial charge < -0.3 is 4.90 Å². The maximum atomic E-state index is 12.8. The third kappa shape index (κ3) is 3.44. The highest BCUT2D eigenvalue weighted by atomic mass is 32.2. The lowest BCUT2D eigenvalue weighted by Gasteiger charge is -2.22. The van der Waals surface area contributed by atoms with Gasteiger partial charge in [-0.05, 0) is 43.5 Å². The monoisotopic (exact) mass is 423 g/mol. The highest BCUT2D eigenvalue weighted by molar-refractivity contribution is 8.14. The summed E-state index contributed by atoms with van der Waals surface area (Å²) >= 11 is 0.994. The van der Waals surface area contributed by atoms with Gasteiger partial charge in [-0.3, -0.25) is 19.3 Å². The Hall–Kier alpha value is -1.91. The molecular weight excluding hydrogens is 402 g/mol. The molecule has 0 spiro atoms. The van der Waals surface area contributed by atoms with E-state index in [0.29, 0.717) is 38.2 Å². The van der Waals surface area contributed by atoms with Crippen molar-refractivity contribution in [2.75, 3.05) is 31.9 Å². The molecule has 0 bridgehead atoms. The van der Waals surface area contributed by atoms with Gasteiger partial charge in [0.25, 0.3) is 11.1 Å². The molecule has 1 aromatic carbocycles. The Morgan fingerprint density at radius 1 is 1.04 bits per heavy atom. The highest BCUT2D eigenvalue weighted by Crippen LogP contribution is 2.27. The molecule has 0 aliphatic carbocycles. The van der Waals surface area contributed by atoms with Crippen molar-refractivity contribution in [1.29, 1.82) is 0 Å². The van der Waals surface area contributed by atoms with Gasteiger partial charge in [0.1, 0.15) is 0 Å². The second-order valence-electron chi connectivity index (χ2n) is 7.15. The topological polar surface area (TPSA) is 95.1 Å². The maximum Gasteiger partial charge on any atom is 0.289 e. The molecule has 10 heteroatoms. The number of imide groups is 1. The number of nitrogens with zero attached hydrogens (tertiary/aromatic N) is 3. The number of sulfonamides is 1. The van der Waals surface area contributed by atoms with E-state index in [4.69, 9.17) is 0 Å². The van der Waals surface area contributed by atoms with Crippen LogP contribution >= 0.6 is 11.8 Å². The number of carbonyl (C=O) groups excluding carboxylic acids is 3. The fourth-order valence-electron chi connectivity index (χ4n) is 3.88. The molecular formula is C18H21N3O5S2. The summed E-state index contributed by atoms with van der Waals surface area (Å²) in [6.45, 7) is 1.83. The first-order valence-electron chi connectivity index (χ1n) is 9.26. The van der Waals surface area contributed by atoms with Crippen LogP contribution in [0.2, 0.25) is 0 Å². The van der Waals surface area contributed by atoms with Crippen molar-refractivity contribution in [3.63, 3.8) is 0 Å². The zero-order valence-corrected chi connectivity index (χ0v) is 16.9. The number of likely N-dealkylation sites (tertiary alicyclic amines) is 1. The van der Waals surface area contributed by atoms with E-state index in [0.717, 1.165) is 24.6 Å². The molecule has 150 valence electrons. The van der Waals surface area contributed by atoms with Crippen molar-refractivity contribution in [3.8, 4) is 0 Å². The van der Waals surface area contributed by atoms with Crippen molar-refractivity contribution < 1.29 is 22.8 Å². The van der Waals surface area contributed by atoms with Gasteiger partial charge in [-0.2, -0.15) is 4.31 Å². The van der Waals surface area contributed by atoms with Crippen LogP contribution in [0.3, 0.4) is 0 Å². The average molecular weight is 424 g/mol. The number of hydrogen-bond acceptors (Lipinski definition) is 6. The molecule has 3 amide bonds. The minimum atomic E-state index is -3.51. The van der Waals surface area contributed by atoms with Crippen molar-refractivity contribution in [1.82, 2.24) is 14.1 Å². The summed E-state index contributed by atoms with van der Waals surface area (Å²) in [5.41, 5.74) is 0.398. The van der Waals surface area contributed by atoms with Gasteiger partial charge in [0, 0.05) is 31.7 Å². The molecule has 0 aromatic heterocycles. The second kappa shape index (κ2) is 7.49. The van der Waals surface area contributed by atoms with Gasteiger partial charge in [-0.25, -0.2) is 8.42 Å². The van der Waals surface area contributed by atoms with E-state index < -0.39 is 10.0 Å². The van der Waals surface area contributed by atoms with E-state index in [1.165, 1.54) is 33.5 Å². The van der Waals surface area contributed by atoms with Crippen LogP contribution in [0.5, 0.6) is 0 Å². The van der Waals surface area contributed by atoms with Crippen molar-refractivity contribution >= 4 is 38.8 Å². The van der Waals surface area contributed by atoms with Gasteiger partial charge in [0.15, 0.2) is 0 Å². The molecule has 1 atom stereocenters. The summed E-state index contributed by atoms with van der Waals surface area (Å²) < 4.78 is 26.6. The van der Waals surface area contributed by atoms with Crippen LogP contribution in [-0.2, 0) is 14.8 Å². The lowest BCUT2D eigenvalue weighted by Crippen LogP contribution is -2.41. The summed E-state index contributed by atoms with van der Waals surface area (Å²) in [7, 11) is -3.51. The first kappa shape index (κ1) is 19.4. The van der Waals surface area contributed by atoms with Gasteiger partial charge in [-0.15, -0.1) is 0 Å². The van der Waals surface area contributed by atoms with E-state index in [1.54, 1.807) is 4.90 Å². The van der Waals surface area contributed by atoms with Crippen LogP contribution in [0, 0.1) is 0 Å². The van der Waals surface area contributed by atoms with Crippen molar-refractivity contribution in [2.45, 2.75) is 30.2 Å². The van der Waals surface area contributed by atoms with Gasteiger partial charge >= 0.3 is 0 Å². The fourth-order valence-corrected chi connectivity index (χ4v) is 6.18. The number of rotatable bonds is 4. The Kier molecular flexibility index (Phi) is 5.19.